The fraction of sp³-hybridized carbons (Fsp3) is 0.800. The van der Waals surface area contributed by atoms with E-state index in [1.54, 1.807) is 0 Å². The molecule has 12 heavy (non-hydrogen) atoms. The minimum Gasteiger partial charge on any atom is -0.374 e. The van der Waals surface area contributed by atoms with Crippen LogP contribution < -0.4 is 5.73 Å². The first-order valence-electron chi connectivity index (χ1n) is 4.81. The Morgan fingerprint density at radius 2 is 2.00 bits per heavy atom. The molecule has 2 heteroatoms. The van der Waals surface area contributed by atoms with Crippen molar-refractivity contribution in [1.29, 1.82) is 0 Å². The van der Waals surface area contributed by atoms with E-state index in [0.717, 1.165) is 32.3 Å². The summed E-state index contributed by atoms with van der Waals surface area (Å²) < 4.78 is 5.63. The Kier molecular flexibility index (Phi) is 4.33. The SMILES string of the molecule is C/C=C/COC1CCC(N)CC1. The van der Waals surface area contributed by atoms with E-state index in [4.69, 9.17) is 10.5 Å². The van der Waals surface area contributed by atoms with Crippen molar-refractivity contribution in [3.8, 4) is 0 Å². The second-order valence-electron chi connectivity index (χ2n) is 3.44. The molecule has 1 saturated carbocycles. The van der Waals surface area contributed by atoms with E-state index >= 15 is 0 Å². The largest absolute Gasteiger partial charge is 0.374 e. The van der Waals surface area contributed by atoms with E-state index in [9.17, 15) is 0 Å². The minimum atomic E-state index is 0.423. The molecule has 0 aromatic heterocycles. The molecule has 0 spiro atoms. The van der Waals surface area contributed by atoms with Crippen molar-refractivity contribution in [2.24, 2.45) is 5.73 Å². The van der Waals surface area contributed by atoms with Crippen LogP contribution in [-0.4, -0.2) is 18.8 Å². The van der Waals surface area contributed by atoms with Crippen molar-refractivity contribution in [2.75, 3.05) is 6.61 Å². The summed E-state index contributed by atoms with van der Waals surface area (Å²) in [6, 6.07) is 0.423. The first kappa shape index (κ1) is 9.75. The fourth-order valence-corrected chi connectivity index (χ4v) is 1.54. The van der Waals surface area contributed by atoms with E-state index in [1.165, 1.54) is 0 Å². The first-order valence-corrected chi connectivity index (χ1v) is 4.81. The maximum atomic E-state index is 5.78. The Morgan fingerprint density at radius 3 is 2.58 bits per heavy atom. The predicted molar refractivity (Wildman–Crippen MR) is 51.0 cm³/mol. The minimum absolute atomic E-state index is 0.423. The molecular weight excluding hydrogens is 150 g/mol. The summed E-state index contributed by atoms with van der Waals surface area (Å²) in [6.45, 7) is 2.77. The number of hydrogen-bond donors (Lipinski definition) is 1. The van der Waals surface area contributed by atoms with Gasteiger partial charge in [-0.05, 0) is 32.6 Å². The monoisotopic (exact) mass is 169 g/mol. The van der Waals surface area contributed by atoms with Crippen molar-refractivity contribution in [2.45, 2.75) is 44.8 Å². The summed E-state index contributed by atoms with van der Waals surface area (Å²) in [4.78, 5) is 0. The van der Waals surface area contributed by atoms with Crippen molar-refractivity contribution in [3.63, 3.8) is 0 Å². The standard InChI is InChI=1S/C10H19NO/c1-2-3-8-12-10-6-4-9(11)5-7-10/h2-3,9-10H,4-8,11H2,1H3/b3-2+. The molecule has 2 nitrogen and oxygen atoms in total. The van der Waals surface area contributed by atoms with Gasteiger partial charge in [-0.25, -0.2) is 0 Å². The van der Waals surface area contributed by atoms with Crippen molar-refractivity contribution < 1.29 is 4.74 Å². The van der Waals surface area contributed by atoms with E-state index in [1.807, 2.05) is 13.0 Å². The molecule has 2 N–H and O–H groups in total. The van der Waals surface area contributed by atoms with Crippen LogP contribution in [0.25, 0.3) is 0 Å². The lowest BCUT2D eigenvalue weighted by atomic mass is 9.94. The average Bonchev–Trinajstić information content (AvgIpc) is 2.09. The van der Waals surface area contributed by atoms with Gasteiger partial charge in [0.05, 0.1) is 12.7 Å². The highest BCUT2D eigenvalue weighted by Crippen LogP contribution is 2.19. The molecule has 0 atom stereocenters. The van der Waals surface area contributed by atoms with Gasteiger partial charge < -0.3 is 10.5 Å². The second kappa shape index (κ2) is 5.33. The van der Waals surface area contributed by atoms with Crippen LogP contribution in [0.3, 0.4) is 0 Å². The maximum absolute atomic E-state index is 5.78. The molecule has 1 fully saturated rings. The summed E-state index contributed by atoms with van der Waals surface area (Å²) in [5.74, 6) is 0. The number of rotatable bonds is 3. The molecule has 0 radical (unpaired) electrons. The summed E-state index contributed by atoms with van der Waals surface area (Å²) >= 11 is 0. The number of hydrogen-bond acceptors (Lipinski definition) is 2. The van der Waals surface area contributed by atoms with E-state index < -0.39 is 0 Å². The van der Waals surface area contributed by atoms with Crippen LogP contribution in [0.5, 0.6) is 0 Å². The predicted octanol–water partition coefficient (Wildman–Crippen LogP) is 1.85. The highest BCUT2D eigenvalue weighted by atomic mass is 16.5. The normalized spacial score (nSPS) is 31.2. The quantitative estimate of drug-likeness (QED) is 0.654. The third kappa shape index (κ3) is 3.37. The highest BCUT2D eigenvalue weighted by Gasteiger charge is 2.17. The van der Waals surface area contributed by atoms with E-state index in [0.29, 0.717) is 12.1 Å². The summed E-state index contributed by atoms with van der Waals surface area (Å²) in [5.41, 5.74) is 5.78. The third-order valence-electron chi connectivity index (χ3n) is 2.38. The Hall–Kier alpha value is -0.340. The molecule has 1 aliphatic rings. The molecule has 1 rings (SSSR count). The van der Waals surface area contributed by atoms with Gasteiger partial charge in [0.1, 0.15) is 0 Å². The lowest BCUT2D eigenvalue weighted by Crippen LogP contribution is -2.30. The zero-order valence-electron chi connectivity index (χ0n) is 7.83. The molecule has 0 bridgehead atoms. The lowest BCUT2D eigenvalue weighted by Gasteiger charge is -2.25. The fourth-order valence-electron chi connectivity index (χ4n) is 1.54. The molecule has 0 unspecified atom stereocenters. The lowest BCUT2D eigenvalue weighted by molar-refractivity contribution is 0.0427. The molecule has 0 amide bonds. The van der Waals surface area contributed by atoms with E-state index in [-0.39, 0.29) is 0 Å². The Bertz CT molecular complexity index is 137. The van der Waals surface area contributed by atoms with Crippen molar-refractivity contribution in [3.05, 3.63) is 12.2 Å². The van der Waals surface area contributed by atoms with Gasteiger partial charge in [-0.15, -0.1) is 0 Å². The summed E-state index contributed by atoms with van der Waals surface area (Å²) in [6.07, 6.45) is 9.06. The van der Waals surface area contributed by atoms with Gasteiger partial charge in [0.25, 0.3) is 0 Å². The topological polar surface area (TPSA) is 35.2 Å². The number of allylic oxidation sites excluding steroid dienone is 1. The van der Waals surface area contributed by atoms with Gasteiger partial charge in [0.2, 0.25) is 0 Å². The Balaban J connectivity index is 2.09. The molecule has 0 heterocycles. The second-order valence-corrected chi connectivity index (χ2v) is 3.44. The zero-order chi connectivity index (χ0) is 8.81. The molecule has 0 aromatic carbocycles. The molecule has 1 aliphatic carbocycles. The number of nitrogens with two attached hydrogens (primary N) is 1. The average molecular weight is 169 g/mol. The van der Waals surface area contributed by atoms with Crippen molar-refractivity contribution in [1.82, 2.24) is 0 Å². The van der Waals surface area contributed by atoms with Gasteiger partial charge in [0.15, 0.2) is 0 Å². The van der Waals surface area contributed by atoms with Crippen LogP contribution in [-0.2, 0) is 4.74 Å². The maximum Gasteiger partial charge on any atom is 0.0651 e. The molecular formula is C10H19NO. The Morgan fingerprint density at radius 1 is 1.33 bits per heavy atom. The van der Waals surface area contributed by atoms with Gasteiger partial charge in [0, 0.05) is 6.04 Å². The van der Waals surface area contributed by atoms with Crippen LogP contribution in [0.2, 0.25) is 0 Å². The highest BCUT2D eigenvalue weighted by molar-refractivity contribution is 4.79. The van der Waals surface area contributed by atoms with Crippen LogP contribution in [0.1, 0.15) is 32.6 Å². The van der Waals surface area contributed by atoms with Gasteiger partial charge >= 0.3 is 0 Å². The van der Waals surface area contributed by atoms with Crippen LogP contribution in [0, 0.1) is 0 Å². The third-order valence-corrected chi connectivity index (χ3v) is 2.38. The van der Waals surface area contributed by atoms with Gasteiger partial charge in [-0.1, -0.05) is 12.2 Å². The van der Waals surface area contributed by atoms with Gasteiger partial charge in [-0.3, -0.25) is 0 Å². The Labute approximate surface area is 74.8 Å². The molecule has 70 valence electrons. The zero-order valence-corrected chi connectivity index (χ0v) is 7.83. The summed E-state index contributed by atoms with van der Waals surface area (Å²) in [5, 5.41) is 0. The molecule has 0 saturated heterocycles. The smallest absolute Gasteiger partial charge is 0.0651 e. The van der Waals surface area contributed by atoms with Crippen molar-refractivity contribution >= 4 is 0 Å². The molecule has 0 aromatic rings. The van der Waals surface area contributed by atoms with E-state index in [2.05, 4.69) is 6.08 Å². The van der Waals surface area contributed by atoms with Crippen LogP contribution >= 0.6 is 0 Å². The summed E-state index contributed by atoms with van der Waals surface area (Å²) in [7, 11) is 0. The van der Waals surface area contributed by atoms with Crippen LogP contribution in [0.4, 0.5) is 0 Å². The first-order chi connectivity index (χ1) is 5.83. The number of ether oxygens (including phenoxy) is 1. The van der Waals surface area contributed by atoms with Gasteiger partial charge in [-0.2, -0.15) is 0 Å². The van der Waals surface area contributed by atoms with Crippen LogP contribution in [0.15, 0.2) is 12.2 Å². The molecule has 0 aliphatic heterocycles.